The number of carboxylic acid groups (broad SMARTS) is 1. The first-order valence-corrected chi connectivity index (χ1v) is 7.10. The van der Waals surface area contributed by atoms with Gasteiger partial charge in [-0.15, -0.1) is 0 Å². The minimum atomic E-state index is -1.47. The van der Waals surface area contributed by atoms with E-state index in [1.54, 1.807) is 18.3 Å². The number of aliphatic hydroxyl groups excluding tert-OH is 3. The molecular weight excluding hydrogens is 354 g/mol. The van der Waals surface area contributed by atoms with Crippen molar-refractivity contribution in [3.05, 3.63) is 35.3 Å². The molecule has 3 aromatic rings. The second-order valence-corrected chi connectivity index (χ2v) is 5.04. The van der Waals surface area contributed by atoms with Crippen molar-refractivity contribution in [1.29, 1.82) is 0 Å². The van der Waals surface area contributed by atoms with Crippen LogP contribution in [0.25, 0.3) is 22.0 Å². The maximum absolute atomic E-state index is 10.7. The molecule has 3 rings (SSSR count). The summed E-state index contributed by atoms with van der Waals surface area (Å²) in [6.45, 7) is -0.688. The number of carbonyl (C=O) groups is 1. The van der Waals surface area contributed by atoms with E-state index in [1.807, 2.05) is 0 Å². The van der Waals surface area contributed by atoms with Gasteiger partial charge in [-0.1, -0.05) is 19.0 Å². The number of pyridine rings is 1. The van der Waals surface area contributed by atoms with Crippen LogP contribution in [0.4, 0.5) is 0 Å². The molecule has 0 unspecified atom stereocenters. The molecule has 0 spiro atoms. The fourth-order valence-electron chi connectivity index (χ4n) is 1.81. The number of oxazole rings is 1. The van der Waals surface area contributed by atoms with Crippen LogP contribution in [0.3, 0.4) is 0 Å². The van der Waals surface area contributed by atoms with Crippen LogP contribution in [0.2, 0.25) is 5.02 Å². The van der Waals surface area contributed by atoms with Crippen molar-refractivity contribution in [3.8, 4) is 0 Å². The topological polar surface area (TPSA) is 144 Å². The third-order valence-corrected chi connectivity index (χ3v) is 3.36. The lowest BCUT2D eigenvalue weighted by atomic mass is 10.2. The number of nitrogens with zero attached hydrogens (tertiary/aromatic N) is 2. The highest BCUT2D eigenvalue weighted by Crippen LogP contribution is 2.30. The Labute approximate surface area is 147 Å². The Morgan fingerprint density at radius 2 is 1.92 bits per heavy atom. The smallest absolute Gasteiger partial charge is 0.243 e. The van der Waals surface area contributed by atoms with Crippen molar-refractivity contribution >= 4 is 39.6 Å². The minimum Gasteiger partial charge on any atom is -0.540 e. The summed E-state index contributed by atoms with van der Waals surface area (Å²) in [5.74, 6) is -1.95. The van der Waals surface area contributed by atoms with E-state index in [2.05, 4.69) is 9.97 Å². The number of carbonyl (C=O) groups excluding carboxylic acids is 1. The van der Waals surface area contributed by atoms with Gasteiger partial charge in [-0.3, -0.25) is 9.88 Å². The average Bonchev–Trinajstić information content (AvgIpc) is 3.02. The zero-order valence-corrected chi connectivity index (χ0v) is 13.0. The molecule has 0 aliphatic carbocycles. The number of aromatic carboxylic acids is 1. The monoisotopic (exact) mass is 371 g/mol. The van der Waals surface area contributed by atoms with Crippen molar-refractivity contribution in [3.63, 3.8) is 0 Å². The molecule has 0 aliphatic rings. The first kappa shape index (κ1) is 20.7. The fraction of sp³-hybridized carbons (Fsp3) is 0.267. The maximum atomic E-state index is 10.7. The van der Waals surface area contributed by atoms with Crippen molar-refractivity contribution < 1.29 is 34.5 Å². The summed E-state index contributed by atoms with van der Waals surface area (Å²) in [5, 5.41) is 36.3. The molecular formula is C15H18ClN3O6. The molecule has 0 bridgehead atoms. The molecule has 0 aliphatic heterocycles. The van der Waals surface area contributed by atoms with Crippen LogP contribution in [0, 0.1) is 0 Å². The molecule has 0 atom stereocenters. The SMILES string of the molecule is C.O=C([O-])c1nc2cc(Cl)c3cccnc3c2o1.OC[NH+](CO)CO. The normalized spacial score (nSPS) is 10.4. The highest BCUT2D eigenvalue weighted by molar-refractivity contribution is 6.36. The molecule has 4 N–H and O–H groups in total. The van der Waals surface area contributed by atoms with E-state index < -0.39 is 11.9 Å². The van der Waals surface area contributed by atoms with Gasteiger partial charge in [-0.05, 0) is 18.2 Å². The average molecular weight is 372 g/mol. The molecule has 25 heavy (non-hydrogen) atoms. The Hall–Kier alpha value is -2.30. The Morgan fingerprint density at radius 1 is 1.28 bits per heavy atom. The third kappa shape index (κ3) is 4.62. The summed E-state index contributed by atoms with van der Waals surface area (Å²) in [6.07, 6.45) is 1.57. The molecule has 2 heterocycles. The van der Waals surface area contributed by atoms with Gasteiger partial charge in [-0.2, -0.15) is 0 Å². The number of hydrogen-bond acceptors (Lipinski definition) is 8. The van der Waals surface area contributed by atoms with Crippen LogP contribution < -0.4 is 10.0 Å². The van der Waals surface area contributed by atoms with Crippen molar-refractivity contribution in [2.45, 2.75) is 7.43 Å². The first-order valence-electron chi connectivity index (χ1n) is 6.73. The van der Waals surface area contributed by atoms with E-state index in [0.717, 1.165) is 0 Å². The highest BCUT2D eigenvalue weighted by atomic mass is 35.5. The highest BCUT2D eigenvalue weighted by Gasteiger charge is 2.13. The van der Waals surface area contributed by atoms with Gasteiger partial charge >= 0.3 is 0 Å². The number of quaternary nitrogens is 1. The summed E-state index contributed by atoms with van der Waals surface area (Å²) >= 11 is 6.04. The zero-order valence-electron chi connectivity index (χ0n) is 12.3. The molecule has 10 heteroatoms. The molecule has 0 saturated carbocycles. The molecule has 0 saturated heterocycles. The van der Waals surface area contributed by atoms with Crippen molar-refractivity contribution in [2.75, 3.05) is 20.2 Å². The molecule has 1 aromatic carbocycles. The summed E-state index contributed by atoms with van der Waals surface area (Å²) < 4.78 is 5.10. The molecule has 0 amide bonds. The maximum Gasteiger partial charge on any atom is 0.243 e. The number of aromatic nitrogens is 2. The Bertz CT molecular complexity index is 844. The van der Waals surface area contributed by atoms with Gasteiger partial charge in [0.05, 0.1) is 5.02 Å². The number of carboxylic acids is 1. The summed E-state index contributed by atoms with van der Waals surface area (Å²) in [4.78, 5) is 18.9. The van der Waals surface area contributed by atoms with Crippen LogP contribution in [0.15, 0.2) is 28.8 Å². The lowest BCUT2D eigenvalue weighted by Crippen LogP contribution is -3.12. The largest absolute Gasteiger partial charge is 0.540 e. The van der Waals surface area contributed by atoms with Gasteiger partial charge in [0.25, 0.3) is 0 Å². The van der Waals surface area contributed by atoms with Crippen LogP contribution >= 0.6 is 11.6 Å². The lowest BCUT2D eigenvalue weighted by molar-refractivity contribution is -0.953. The number of aliphatic hydroxyl groups is 3. The number of benzene rings is 1. The van der Waals surface area contributed by atoms with Gasteiger partial charge in [0.15, 0.2) is 25.8 Å². The minimum absolute atomic E-state index is 0. The van der Waals surface area contributed by atoms with Crippen LogP contribution in [0.5, 0.6) is 0 Å². The van der Waals surface area contributed by atoms with Crippen molar-refractivity contribution in [1.82, 2.24) is 9.97 Å². The van der Waals surface area contributed by atoms with E-state index in [0.29, 0.717) is 31.9 Å². The lowest BCUT2D eigenvalue weighted by Gasteiger charge is -2.07. The second-order valence-electron chi connectivity index (χ2n) is 4.64. The fourth-order valence-corrected chi connectivity index (χ4v) is 2.07. The molecule has 0 fully saturated rings. The van der Waals surface area contributed by atoms with E-state index in [9.17, 15) is 9.90 Å². The predicted molar refractivity (Wildman–Crippen MR) is 87.6 cm³/mol. The van der Waals surface area contributed by atoms with Crippen LogP contribution in [-0.2, 0) is 0 Å². The first-order chi connectivity index (χ1) is 11.5. The third-order valence-electron chi connectivity index (χ3n) is 3.04. The Kier molecular flexibility index (Phi) is 7.68. The van der Waals surface area contributed by atoms with Gasteiger partial charge in [0.2, 0.25) is 5.89 Å². The number of nitrogens with one attached hydrogen (secondary N) is 1. The summed E-state index contributed by atoms with van der Waals surface area (Å²) in [7, 11) is 0. The van der Waals surface area contributed by atoms with Gasteiger partial charge in [0.1, 0.15) is 17.0 Å². The van der Waals surface area contributed by atoms with E-state index in [1.165, 1.54) is 6.07 Å². The van der Waals surface area contributed by atoms with Crippen molar-refractivity contribution in [2.24, 2.45) is 0 Å². The summed E-state index contributed by atoms with van der Waals surface area (Å²) in [5.41, 5.74) is 1.12. The quantitative estimate of drug-likeness (QED) is 0.416. The standard InChI is InChI=1S/C11H5ClN2O3.C3H9NO3.CH4/c12-6-4-7-9(17-10(14-7)11(15)16)8-5(6)2-1-3-13-8;5-1-4(2-6)3-7;/h1-4H,(H,15,16);5-7H,1-3H2;1H4. The predicted octanol–water partition coefficient (Wildman–Crippen LogP) is -1.25. The number of rotatable bonds is 4. The molecule has 9 nitrogen and oxygen atoms in total. The Balaban J connectivity index is 0.000000339. The number of halogens is 1. The Morgan fingerprint density at radius 3 is 2.44 bits per heavy atom. The molecule has 136 valence electrons. The number of hydrogen-bond donors (Lipinski definition) is 4. The van der Waals surface area contributed by atoms with Crippen LogP contribution in [0.1, 0.15) is 18.1 Å². The van der Waals surface area contributed by atoms with Gasteiger partial charge in [-0.25, -0.2) is 4.98 Å². The van der Waals surface area contributed by atoms with E-state index in [-0.39, 0.29) is 27.6 Å². The zero-order chi connectivity index (χ0) is 17.7. The number of fused-ring (bicyclic) bond motifs is 3. The van der Waals surface area contributed by atoms with E-state index in [4.69, 9.17) is 31.3 Å². The molecule has 0 radical (unpaired) electrons. The van der Waals surface area contributed by atoms with Gasteiger partial charge in [0, 0.05) is 11.6 Å². The summed E-state index contributed by atoms with van der Waals surface area (Å²) in [6, 6.07) is 5.04. The van der Waals surface area contributed by atoms with Gasteiger partial charge < -0.3 is 29.6 Å². The second kappa shape index (κ2) is 9.25. The van der Waals surface area contributed by atoms with E-state index >= 15 is 0 Å². The van der Waals surface area contributed by atoms with Crippen LogP contribution in [-0.4, -0.2) is 51.4 Å². The molecule has 2 aromatic heterocycles.